The van der Waals surface area contributed by atoms with Gasteiger partial charge < -0.3 is 20.4 Å². The predicted molar refractivity (Wildman–Crippen MR) is 108 cm³/mol. The molecule has 6 nitrogen and oxygen atoms in total. The number of rotatable bonds is 7. The van der Waals surface area contributed by atoms with Crippen LogP contribution in [0.4, 0.5) is 0 Å². The number of aromatic amines is 1. The SMILES string of the molecule is CCNC(=NCCN1CCOCC1)NCCc1c[nH]c2c(C)cccc12. The fraction of sp³-hybridized carbons (Fsp3) is 0.550. The van der Waals surface area contributed by atoms with Gasteiger partial charge in [0.05, 0.1) is 19.8 Å². The van der Waals surface area contributed by atoms with Crippen LogP contribution in [0, 0.1) is 6.92 Å². The van der Waals surface area contributed by atoms with E-state index in [-0.39, 0.29) is 0 Å². The number of benzene rings is 1. The zero-order valence-corrected chi connectivity index (χ0v) is 16.0. The Hall–Kier alpha value is -2.05. The van der Waals surface area contributed by atoms with E-state index in [0.29, 0.717) is 0 Å². The molecule has 26 heavy (non-hydrogen) atoms. The molecule has 6 heteroatoms. The summed E-state index contributed by atoms with van der Waals surface area (Å²) in [5, 5.41) is 8.11. The minimum atomic E-state index is 0.807. The number of ether oxygens (including phenoxy) is 1. The van der Waals surface area contributed by atoms with Gasteiger partial charge in [0.25, 0.3) is 0 Å². The molecule has 0 atom stereocenters. The van der Waals surface area contributed by atoms with Gasteiger partial charge in [0.2, 0.25) is 0 Å². The van der Waals surface area contributed by atoms with E-state index < -0.39 is 0 Å². The summed E-state index contributed by atoms with van der Waals surface area (Å²) in [6.07, 6.45) is 3.10. The van der Waals surface area contributed by atoms with E-state index in [1.165, 1.54) is 22.0 Å². The zero-order chi connectivity index (χ0) is 18.2. The number of aliphatic imine (C=N–C) groups is 1. The van der Waals surface area contributed by atoms with Gasteiger partial charge in [0.1, 0.15) is 0 Å². The number of hydrogen-bond donors (Lipinski definition) is 3. The summed E-state index contributed by atoms with van der Waals surface area (Å²) < 4.78 is 5.39. The third kappa shape index (κ3) is 4.99. The lowest BCUT2D eigenvalue weighted by Crippen LogP contribution is -2.40. The largest absolute Gasteiger partial charge is 0.379 e. The standard InChI is InChI=1S/C20H31N5O/c1-3-21-20(23-9-10-25-11-13-26-14-12-25)22-8-7-17-15-24-19-16(2)5-4-6-18(17)19/h4-6,15,24H,3,7-14H2,1-2H3,(H2,21,22,23). The molecule has 3 rings (SSSR count). The monoisotopic (exact) mass is 357 g/mol. The van der Waals surface area contributed by atoms with Crippen LogP contribution in [-0.2, 0) is 11.2 Å². The molecule has 1 aromatic carbocycles. The van der Waals surface area contributed by atoms with Crippen LogP contribution in [0.25, 0.3) is 10.9 Å². The number of nitrogens with one attached hydrogen (secondary N) is 3. The lowest BCUT2D eigenvalue weighted by Gasteiger charge is -2.25. The summed E-state index contributed by atoms with van der Waals surface area (Å²) in [6, 6.07) is 6.46. The maximum absolute atomic E-state index is 5.39. The summed E-state index contributed by atoms with van der Waals surface area (Å²) in [4.78, 5) is 10.5. The van der Waals surface area contributed by atoms with E-state index in [2.05, 4.69) is 58.8 Å². The number of fused-ring (bicyclic) bond motifs is 1. The molecule has 1 aliphatic heterocycles. The Bertz CT molecular complexity index is 718. The van der Waals surface area contributed by atoms with Crippen molar-refractivity contribution in [2.45, 2.75) is 20.3 Å². The molecule has 2 heterocycles. The van der Waals surface area contributed by atoms with Gasteiger partial charge in [0.15, 0.2) is 5.96 Å². The van der Waals surface area contributed by atoms with Crippen LogP contribution in [0.2, 0.25) is 0 Å². The lowest BCUT2D eigenvalue weighted by molar-refractivity contribution is 0.0394. The first-order valence-corrected chi connectivity index (χ1v) is 9.66. The van der Waals surface area contributed by atoms with Crippen LogP contribution in [-0.4, -0.2) is 68.3 Å². The van der Waals surface area contributed by atoms with E-state index >= 15 is 0 Å². The van der Waals surface area contributed by atoms with Crippen molar-refractivity contribution in [3.63, 3.8) is 0 Å². The van der Waals surface area contributed by atoms with E-state index in [1.807, 2.05) is 0 Å². The second-order valence-corrected chi connectivity index (χ2v) is 6.70. The molecule has 3 N–H and O–H groups in total. The molecular weight excluding hydrogens is 326 g/mol. The lowest BCUT2D eigenvalue weighted by atomic mass is 10.1. The van der Waals surface area contributed by atoms with Crippen molar-refractivity contribution in [2.75, 3.05) is 52.5 Å². The highest BCUT2D eigenvalue weighted by atomic mass is 16.5. The van der Waals surface area contributed by atoms with Crippen LogP contribution in [0.1, 0.15) is 18.1 Å². The van der Waals surface area contributed by atoms with E-state index in [9.17, 15) is 0 Å². The number of morpholine rings is 1. The summed E-state index contributed by atoms with van der Waals surface area (Å²) in [5.41, 5.74) is 3.88. The van der Waals surface area contributed by atoms with Gasteiger partial charge >= 0.3 is 0 Å². The van der Waals surface area contributed by atoms with Crippen molar-refractivity contribution < 1.29 is 4.74 Å². The van der Waals surface area contributed by atoms with Crippen molar-refractivity contribution in [3.05, 3.63) is 35.5 Å². The van der Waals surface area contributed by atoms with Crippen LogP contribution < -0.4 is 10.6 Å². The molecule has 0 bridgehead atoms. The first kappa shape index (κ1) is 18.7. The molecule has 0 unspecified atom stereocenters. The Morgan fingerprint density at radius 1 is 1.27 bits per heavy atom. The molecule has 0 saturated carbocycles. The Morgan fingerprint density at radius 2 is 2.12 bits per heavy atom. The molecule has 1 fully saturated rings. The van der Waals surface area contributed by atoms with Crippen LogP contribution in [0.5, 0.6) is 0 Å². The summed E-state index contributed by atoms with van der Waals surface area (Å²) in [7, 11) is 0. The van der Waals surface area contributed by atoms with Gasteiger partial charge in [-0.2, -0.15) is 0 Å². The molecule has 1 saturated heterocycles. The number of nitrogens with zero attached hydrogens (tertiary/aromatic N) is 2. The number of H-pyrrole nitrogens is 1. The normalized spacial score (nSPS) is 16.2. The van der Waals surface area contributed by atoms with Crippen molar-refractivity contribution in [1.29, 1.82) is 0 Å². The second-order valence-electron chi connectivity index (χ2n) is 6.70. The average molecular weight is 358 g/mol. The fourth-order valence-electron chi connectivity index (χ4n) is 3.36. The number of aryl methyl sites for hydroxylation is 1. The van der Waals surface area contributed by atoms with Crippen molar-refractivity contribution in [1.82, 2.24) is 20.5 Å². The van der Waals surface area contributed by atoms with Gasteiger partial charge in [0, 0.05) is 49.8 Å². The topological polar surface area (TPSA) is 64.7 Å². The van der Waals surface area contributed by atoms with E-state index in [4.69, 9.17) is 9.73 Å². The van der Waals surface area contributed by atoms with Gasteiger partial charge in [-0.05, 0) is 31.4 Å². The zero-order valence-electron chi connectivity index (χ0n) is 16.0. The highest BCUT2D eigenvalue weighted by Crippen LogP contribution is 2.21. The number of para-hydroxylation sites is 1. The first-order valence-electron chi connectivity index (χ1n) is 9.66. The molecule has 1 aromatic heterocycles. The molecule has 0 radical (unpaired) electrons. The highest BCUT2D eigenvalue weighted by molar-refractivity contribution is 5.86. The smallest absolute Gasteiger partial charge is 0.191 e. The quantitative estimate of drug-likeness (QED) is 0.523. The molecule has 0 amide bonds. The summed E-state index contributed by atoms with van der Waals surface area (Å²) in [6.45, 7) is 11.5. The van der Waals surface area contributed by atoms with Crippen molar-refractivity contribution in [2.24, 2.45) is 4.99 Å². The number of hydrogen-bond acceptors (Lipinski definition) is 3. The Kier molecular flexibility index (Phi) is 6.91. The van der Waals surface area contributed by atoms with Gasteiger partial charge in [-0.1, -0.05) is 18.2 Å². The minimum Gasteiger partial charge on any atom is -0.379 e. The maximum atomic E-state index is 5.39. The molecule has 0 aliphatic carbocycles. The van der Waals surface area contributed by atoms with Gasteiger partial charge in [-0.25, -0.2) is 0 Å². The van der Waals surface area contributed by atoms with Crippen LogP contribution >= 0.6 is 0 Å². The predicted octanol–water partition coefficient (Wildman–Crippen LogP) is 1.91. The van der Waals surface area contributed by atoms with E-state index in [1.54, 1.807) is 0 Å². The maximum Gasteiger partial charge on any atom is 0.191 e. The molecule has 1 aliphatic rings. The molecule has 2 aromatic rings. The minimum absolute atomic E-state index is 0.807. The first-order chi connectivity index (χ1) is 12.8. The Balaban J connectivity index is 1.49. The van der Waals surface area contributed by atoms with Gasteiger partial charge in [-0.3, -0.25) is 9.89 Å². The summed E-state index contributed by atoms with van der Waals surface area (Å²) in [5.74, 6) is 0.900. The molecular formula is C20H31N5O. The molecule has 142 valence electrons. The fourth-order valence-corrected chi connectivity index (χ4v) is 3.36. The Labute approximate surface area is 156 Å². The van der Waals surface area contributed by atoms with Gasteiger partial charge in [-0.15, -0.1) is 0 Å². The number of aromatic nitrogens is 1. The molecule has 0 spiro atoms. The van der Waals surface area contributed by atoms with Crippen LogP contribution in [0.15, 0.2) is 29.4 Å². The van der Waals surface area contributed by atoms with Crippen molar-refractivity contribution >= 4 is 16.9 Å². The van der Waals surface area contributed by atoms with Crippen LogP contribution in [0.3, 0.4) is 0 Å². The average Bonchev–Trinajstić information content (AvgIpc) is 3.07. The highest BCUT2D eigenvalue weighted by Gasteiger charge is 2.09. The van der Waals surface area contributed by atoms with E-state index in [0.717, 1.165) is 64.9 Å². The second kappa shape index (κ2) is 9.59. The third-order valence-electron chi connectivity index (χ3n) is 4.83. The van der Waals surface area contributed by atoms with Crippen molar-refractivity contribution in [3.8, 4) is 0 Å². The third-order valence-corrected chi connectivity index (χ3v) is 4.83. The Morgan fingerprint density at radius 3 is 2.92 bits per heavy atom. The summed E-state index contributed by atoms with van der Waals surface area (Å²) >= 11 is 0. The number of guanidine groups is 1.